The number of hydrogen-bond acceptors (Lipinski definition) is 4. The van der Waals surface area contributed by atoms with Crippen molar-refractivity contribution < 1.29 is 14.3 Å². The average Bonchev–Trinajstić information content (AvgIpc) is 2.53. The van der Waals surface area contributed by atoms with Gasteiger partial charge in [0, 0.05) is 13.1 Å². The van der Waals surface area contributed by atoms with Gasteiger partial charge in [-0.1, -0.05) is 12.1 Å². The average molecular weight is 311 g/mol. The molecule has 1 aromatic carbocycles. The highest BCUT2D eigenvalue weighted by atomic mass is 16.5. The number of aryl methyl sites for hydroxylation is 1. The van der Waals surface area contributed by atoms with Gasteiger partial charge in [0.15, 0.2) is 6.10 Å². The van der Waals surface area contributed by atoms with Crippen molar-refractivity contribution in [3.8, 4) is 5.75 Å². The summed E-state index contributed by atoms with van der Waals surface area (Å²) in [5.74, 6) is 0.522. The second-order valence-corrected chi connectivity index (χ2v) is 5.41. The molecule has 23 heavy (non-hydrogen) atoms. The molecule has 1 aromatic heterocycles. The van der Waals surface area contributed by atoms with Gasteiger partial charge in [-0.25, -0.2) is 4.98 Å². The van der Waals surface area contributed by atoms with Crippen LogP contribution in [0.25, 0.3) is 0 Å². The summed E-state index contributed by atoms with van der Waals surface area (Å²) >= 11 is 0. The number of carbonyl (C=O) groups is 2. The standard InChI is InChI=1S/C17H17N3O3/c1-11-7-8-18-16(9-11)19-17(22)15-10-20(12(2)21)13-5-3-4-6-14(13)23-15/h3-9,15H,10H2,1-2H3,(H,18,19,22). The zero-order valence-electron chi connectivity index (χ0n) is 12.9. The molecular weight excluding hydrogens is 294 g/mol. The Morgan fingerprint density at radius 1 is 1.30 bits per heavy atom. The molecule has 1 aliphatic heterocycles. The van der Waals surface area contributed by atoms with E-state index in [4.69, 9.17) is 4.74 Å². The Balaban J connectivity index is 1.81. The Labute approximate surface area is 134 Å². The summed E-state index contributed by atoms with van der Waals surface area (Å²) < 4.78 is 5.74. The fourth-order valence-electron chi connectivity index (χ4n) is 2.48. The van der Waals surface area contributed by atoms with Gasteiger partial charge in [0.05, 0.1) is 12.2 Å². The van der Waals surface area contributed by atoms with E-state index < -0.39 is 6.10 Å². The van der Waals surface area contributed by atoms with Crippen LogP contribution < -0.4 is 15.0 Å². The molecule has 0 saturated heterocycles. The van der Waals surface area contributed by atoms with E-state index in [1.807, 2.05) is 19.1 Å². The normalized spacial score (nSPS) is 16.3. The Hall–Kier alpha value is -2.89. The van der Waals surface area contributed by atoms with Crippen molar-refractivity contribution in [1.29, 1.82) is 0 Å². The van der Waals surface area contributed by atoms with Gasteiger partial charge >= 0.3 is 0 Å². The molecule has 1 atom stereocenters. The first-order valence-corrected chi connectivity index (χ1v) is 7.32. The van der Waals surface area contributed by atoms with Crippen LogP contribution in [0.2, 0.25) is 0 Å². The highest BCUT2D eigenvalue weighted by Gasteiger charge is 2.32. The van der Waals surface area contributed by atoms with Crippen LogP contribution in [0.4, 0.5) is 11.5 Å². The van der Waals surface area contributed by atoms with Gasteiger partial charge in [0.2, 0.25) is 5.91 Å². The lowest BCUT2D eigenvalue weighted by molar-refractivity contribution is -0.123. The molecule has 1 unspecified atom stereocenters. The van der Waals surface area contributed by atoms with E-state index in [0.717, 1.165) is 5.56 Å². The molecule has 2 heterocycles. The summed E-state index contributed by atoms with van der Waals surface area (Å²) in [6.45, 7) is 3.56. The number of carbonyl (C=O) groups excluding carboxylic acids is 2. The zero-order valence-corrected chi connectivity index (χ0v) is 12.9. The maximum absolute atomic E-state index is 12.4. The van der Waals surface area contributed by atoms with E-state index >= 15 is 0 Å². The fourth-order valence-corrected chi connectivity index (χ4v) is 2.48. The predicted molar refractivity (Wildman–Crippen MR) is 86.5 cm³/mol. The number of aromatic nitrogens is 1. The van der Waals surface area contributed by atoms with Gasteiger partial charge in [-0.15, -0.1) is 0 Å². The number of rotatable bonds is 2. The SMILES string of the molecule is CC(=O)N1CC(C(=O)Nc2cc(C)ccn2)Oc2ccccc21. The number of nitrogens with one attached hydrogen (secondary N) is 1. The molecule has 0 fully saturated rings. The molecule has 0 radical (unpaired) electrons. The van der Waals surface area contributed by atoms with Crippen LogP contribution in [0, 0.1) is 6.92 Å². The van der Waals surface area contributed by atoms with Crippen molar-refractivity contribution >= 4 is 23.3 Å². The zero-order chi connectivity index (χ0) is 16.4. The number of benzene rings is 1. The summed E-state index contributed by atoms with van der Waals surface area (Å²) in [5, 5.41) is 2.73. The van der Waals surface area contributed by atoms with Crippen LogP contribution in [0.3, 0.4) is 0 Å². The van der Waals surface area contributed by atoms with Gasteiger partial charge in [-0.05, 0) is 36.8 Å². The Bertz CT molecular complexity index is 760. The molecule has 118 valence electrons. The van der Waals surface area contributed by atoms with Crippen LogP contribution in [-0.2, 0) is 9.59 Å². The van der Waals surface area contributed by atoms with E-state index in [-0.39, 0.29) is 18.4 Å². The minimum atomic E-state index is -0.781. The Kier molecular flexibility index (Phi) is 3.97. The maximum Gasteiger partial charge on any atom is 0.268 e. The summed E-state index contributed by atoms with van der Waals surface area (Å²) in [6.07, 6.45) is 0.847. The minimum Gasteiger partial charge on any atom is -0.476 e. The third-order valence-electron chi connectivity index (χ3n) is 3.61. The fraction of sp³-hybridized carbons (Fsp3) is 0.235. The first-order chi connectivity index (χ1) is 11.0. The number of ether oxygens (including phenoxy) is 1. The maximum atomic E-state index is 12.4. The lowest BCUT2D eigenvalue weighted by atomic mass is 10.1. The Morgan fingerprint density at radius 3 is 2.83 bits per heavy atom. The highest BCUT2D eigenvalue weighted by molar-refractivity contribution is 5.99. The van der Waals surface area contributed by atoms with Crippen molar-refractivity contribution in [3.63, 3.8) is 0 Å². The van der Waals surface area contributed by atoms with Crippen molar-refractivity contribution in [2.24, 2.45) is 0 Å². The van der Waals surface area contributed by atoms with Gasteiger partial charge in [0.25, 0.3) is 5.91 Å². The van der Waals surface area contributed by atoms with Crippen molar-refractivity contribution in [1.82, 2.24) is 4.98 Å². The molecule has 2 aromatic rings. The number of anilines is 2. The number of para-hydroxylation sites is 2. The molecule has 3 rings (SSSR count). The molecule has 1 N–H and O–H groups in total. The van der Waals surface area contributed by atoms with E-state index in [2.05, 4.69) is 10.3 Å². The van der Waals surface area contributed by atoms with Crippen LogP contribution in [0.15, 0.2) is 42.6 Å². The smallest absolute Gasteiger partial charge is 0.268 e. The molecule has 2 amide bonds. The minimum absolute atomic E-state index is 0.132. The second kappa shape index (κ2) is 6.08. The molecular formula is C17H17N3O3. The molecule has 6 nitrogen and oxygen atoms in total. The number of hydrogen-bond donors (Lipinski definition) is 1. The second-order valence-electron chi connectivity index (χ2n) is 5.41. The van der Waals surface area contributed by atoms with Gasteiger partial charge < -0.3 is 15.0 Å². The van der Waals surface area contributed by atoms with E-state index in [9.17, 15) is 9.59 Å². The largest absolute Gasteiger partial charge is 0.476 e. The van der Waals surface area contributed by atoms with Crippen molar-refractivity contribution in [2.75, 3.05) is 16.8 Å². The quantitative estimate of drug-likeness (QED) is 0.922. The van der Waals surface area contributed by atoms with Gasteiger partial charge in [-0.3, -0.25) is 9.59 Å². The summed E-state index contributed by atoms with van der Waals surface area (Å²) in [4.78, 5) is 30.0. The number of amides is 2. The van der Waals surface area contributed by atoms with E-state index in [0.29, 0.717) is 17.3 Å². The van der Waals surface area contributed by atoms with Gasteiger partial charge in [0.1, 0.15) is 11.6 Å². The van der Waals surface area contributed by atoms with E-state index in [1.54, 1.807) is 35.4 Å². The molecule has 0 bridgehead atoms. The number of nitrogens with zero attached hydrogens (tertiary/aromatic N) is 2. The number of fused-ring (bicyclic) bond motifs is 1. The highest BCUT2D eigenvalue weighted by Crippen LogP contribution is 2.33. The Morgan fingerprint density at radius 2 is 2.09 bits per heavy atom. The number of pyridine rings is 1. The molecule has 0 saturated carbocycles. The first-order valence-electron chi connectivity index (χ1n) is 7.32. The summed E-state index contributed by atoms with van der Waals surface area (Å²) in [5.41, 5.74) is 1.67. The van der Waals surface area contributed by atoms with Crippen LogP contribution in [-0.4, -0.2) is 29.4 Å². The summed E-state index contributed by atoms with van der Waals surface area (Å²) in [7, 11) is 0. The van der Waals surface area contributed by atoms with Gasteiger partial charge in [-0.2, -0.15) is 0 Å². The summed E-state index contributed by atoms with van der Waals surface area (Å²) in [6, 6.07) is 10.8. The lowest BCUT2D eigenvalue weighted by Crippen LogP contribution is -2.48. The van der Waals surface area contributed by atoms with Crippen LogP contribution >= 0.6 is 0 Å². The van der Waals surface area contributed by atoms with Crippen molar-refractivity contribution in [2.45, 2.75) is 20.0 Å². The molecule has 6 heteroatoms. The van der Waals surface area contributed by atoms with Crippen LogP contribution in [0.1, 0.15) is 12.5 Å². The van der Waals surface area contributed by atoms with E-state index in [1.165, 1.54) is 6.92 Å². The monoisotopic (exact) mass is 311 g/mol. The third kappa shape index (κ3) is 3.15. The van der Waals surface area contributed by atoms with Crippen LogP contribution in [0.5, 0.6) is 5.75 Å². The molecule has 0 spiro atoms. The lowest BCUT2D eigenvalue weighted by Gasteiger charge is -2.33. The predicted octanol–water partition coefficient (Wildman–Crippen LogP) is 2.14. The van der Waals surface area contributed by atoms with Crippen molar-refractivity contribution in [3.05, 3.63) is 48.2 Å². The molecule has 0 aliphatic carbocycles. The first kappa shape index (κ1) is 15.0. The third-order valence-corrected chi connectivity index (χ3v) is 3.61. The molecule has 1 aliphatic rings. The topological polar surface area (TPSA) is 71.5 Å².